The van der Waals surface area contributed by atoms with E-state index in [-0.39, 0.29) is 17.5 Å². The van der Waals surface area contributed by atoms with Crippen molar-refractivity contribution < 1.29 is 9.32 Å². The maximum absolute atomic E-state index is 12.0. The lowest BCUT2D eigenvalue weighted by atomic mass is 10.3. The van der Waals surface area contributed by atoms with E-state index in [0.717, 1.165) is 0 Å². The molecule has 1 amide bonds. The molecule has 0 aliphatic carbocycles. The highest BCUT2D eigenvalue weighted by Crippen LogP contribution is 2.21. The predicted octanol–water partition coefficient (Wildman–Crippen LogP) is 0.480. The number of amides is 1. The molecule has 1 aliphatic heterocycles. The van der Waals surface area contributed by atoms with Gasteiger partial charge in [-0.05, 0) is 6.92 Å². The number of aryl methyl sites for hydroxylation is 1. The van der Waals surface area contributed by atoms with Gasteiger partial charge >= 0.3 is 0 Å². The van der Waals surface area contributed by atoms with E-state index in [1.54, 1.807) is 19.2 Å². The number of H-pyrrole nitrogens is 1. The van der Waals surface area contributed by atoms with E-state index in [1.165, 1.54) is 0 Å². The standard InChI is InChI=1S/C14H17ClN6O3/c1-9-6-11(19-24-9)17-12(22)8-20-2-4-21(5-3-20)10-7-16-18-14(23)13(10)15/h6-7H,2-5,8H2,1H3,(H,18,23)(H,17,19,22). The van der Waals surface area contributed by atoms with Gasteiger partial charge in [0.15, 0.2) is 5.82 Å². The van der Waals surface area contributed by atoms with Crippen molar-refractivity contribution in [1.82, 2.24) is 20.3 Å². The van der Waals surface area contributed by atoms with Crippen LogP contribution in [-0.4, -0.2) is 58.9 Å². The predicted molar refractivity (Wildman–Crippen MR) is 88.4 cm³/mol. The number of anilines is 2. The van der Waals surface area contributed by atoms with Crippen molar-refractivity contribution in [2.45, 2.75) is 6.92 Å². The zero-order valence-electron chi connectivity index (χ0n) is 13.1. The molecule has 2 aromatic rings. The lowest BCUT2D eigenvalue weighted by Crippen LogP contribution is -2.49. The number of aromatic nitrogens is 3. The smallest absolute Gasteiger partial charge is 0.285 e. The second-order valence-corrected chi connectivity index (χ2v) is 5.91. The van der Waals surface area contributed by atoms with Gasteiger partial charge in [-0.2, -0.15) is 5.10 Å². The first-order valence-corrected chi connectivity index (χ1v) is 7.84. The first kappa shape index (κ1) is 16.5. The molecule has 128 valence electrons. The normalized spacial score (nSPS) is 15.5. The van der Waals surface area contributed by atoms with Gasteiger partial charge in [0.25, 0.3) is 5.56 Å². The fourth-order valence-electron chi connectivity index (χ4n) is 2.55. The van der Waals surface area contributed by atoms with E-state index in [9.17, 15) is 9.59 Å². The Hall–Kier alpha value is -2.39. The van der Waals surface area contributed by atoms with Crippen LogP contribution in [0, 0.1) is 6.92 Å². The van der Waals surface area contributed by atoms with Crippen molar-refractivity contribution in [2.75, 3.05) is 42.9 Å². The van der Waals surface area contributed by atoms with Crippen molar-refractivity contribution in [3.63, 3.8) is 0 Å². The first-order chi connectivity index (χ1) is 11.5. The third-order valence-corrected chi connectivity index (χ3v) is 4.12. The summed E-state index contributed by atoms with van der Waals surface area (Å²) < 4.78 is 4.91. The van der Waals surface area contributed by atoms with Gasteiger partial charge in [0.1, 0.15) is 10.8 Å². The minimum atomic E-state index is -0.404. The molecule has 1 fully saturated rings. The second kappa shape index (κ2) is 7.02. The number of carbonyl (C=O) groups is 1. The van der Waals surface area contributed by atoms with E-state index < -0.39 is 5.56 Å². The molecular weight excluding hydrogens is 336 g/mol. The maximum atomic E-state index is 12.0. The summed E-state index contributed by atoms with van der Waals surface area (Å²) in [6, 6.07) is 1.66. The zero-order valence-corrected chi connectivity index (χ0v) is 13.8. The third-order valence-electron chi connectivity index (χ3n) is 3.75. The molecular formula is C14H17ClN6O3. The molecule has 3 rings (SSSR count). The van der Waals surface area contributed by atoms with Gasteiger partial charge in [0.2, 0.25) is 5.91 Å². The number of carbonyl (C=O) groups excluding carboxylic acids is 1. The molecule has 0 atom stereocenters. The molecule has 9 nitrogen and oxygen atoms in total. The van der Waals surface area contributed by atoms with Crippen molar-refractivity contribution in [1.29, 1.82) is 0 Å². The molecule has 0 radical (unpaired) electrons. The van der Waals surface area contributed by atoms with Crippen LogP contribution in [0.5, 0.6) is 0 Å². The molecule has 1 aliphatic rings. The van der Waals surface area contributed by atoms with Gasteiger partial charge in [-0.1, -0.05) is 16.8 Å². The molecule has 0 unspecified atom stereocenters. The van der Waals surface area contributed by atoms with Crippen LogP contribution in [0.4, 0.5) is 11.5 Å². The van der Waals surface area contributed by atoms with E-state index in [4.69, 9.17) is 16.1 Å². The van der Waals surface area contributed by atoms with Gasteiger partial charge in [-0.3, -0.25) is 14.5 Å². The number of aromatic amines is 1. The topological polar surface area (TPSA) is 107 Å². The molecule has 0 bridgehead atoms. The summed E-state index contributed by atoms with van der Waals surface area (Å²) in [5.41, 5.74) is 0.210. The molecule has 0 spiro atoms. The van der Waals surface area contributed by atoms with Crippen LogP contribution >= 0.6 is 11.6 Å². The van der Waals surface area contributed by atoms with Gasteiger partial charge in [-0.15, -0.1) is 0 Å². The molecule has 3 heterocycles. The van der Waals surface area contributed by atoms with E-state index in [1.807, 2.05) is 9.80 Å². The van der Waals surface area contributed by atoms with Crippen molar-refractivity contribution in [2.24, 2.45) is 0 Å². The van der Waals surface area contributed by atoms with Crippen LogP contribution in [0.15, 0.2) is 21.6 Å². The number of rotatable bonds is 4. The average molecular weight is 353 g/mol. The Balaban J connectivity index is 1.52. The summed E-state index contributed by atoms with van der Waals surface area (Å²) >= 11 is 6.02. The first-order valence-electron chi connectivity index (χ1n) is 7.46. The Morgan fingerprint density at radius 1 is 1.42 bits per heavy atom. The molecule has 1 saturated heterocycles. The lowest BCUT2D eigenvalue weighted by Gasteiger charge is -2.35. The zero-order chi connectivity index (χ0) is 17.1. The van der Waals surface area contributed by atoms with E-state index in [0.29, 0.717) is 43.4 Å². The van der Waals surface area contributed by atoms with Crippen molar-refractivity contribution in [3.05, 3.63) is 33.4 Å². The number of hydrogen-bond acceptors (Lipinski definition) is 7. The molecule has 2 N–H and O–H groups in total. The SMILES string of the molecule is Cc1cc(NC(=O)CN2CCN(c3cn[nH]c(=O)c3Cl)CC2)no1. The van der Waals surface area contributed by atoms with Crippen LogP contribution in [0.25, 0.3) is 0 Å². The minimum Gasteiger partial charge on any atom is -0.366 e. The summed E-state index contributed by atoms with van der Waals surface area (Å²) in [4.78, 5) is 27.5. The Labute approximate surface area is 142 Å². The lowest BCUT2D eigenvalue weighted by molar-refractivity contribution is -0.117. The van der Waals surface area contributed by atoms with Gasteiger partial charge in [-0.25, -0.2) is 5.10 Å². The minimum absolute atomic E-state index is 0.137. The van der Waals surface area contributed by atoms with Gasteiger partial charge in [0.05, 0.1) is 18.4 Å². The Bertz CT molecular complexity index is 781. The van der Waals surface area contributed by atoms with Gasteiger partial charge < -0.3 is 14.7 Å². The summed E-state index contributed by atoms with van der Waals surface area (Å²) in [6.45, 7) is 4.68. The number of nitrogens with zero attached hydrogens (tertiary/aromatic N) is 4. The van der Waals surface area contributed by atoms with Crippen LogP contribution in [-0.2, 0) is 4.79 Å². The third kappa shape index (κ3) is 3.74. The maximum Gasteiger partial charge on any atom is 0.285 e. The number of hydrogen-bond donors (Lipinski definition) is 2. The van der Waals surface area contributed by atoms with Crippen LogP contribution < -0.4 is 15.8 Å². The molecule has 0 aromatic carbocycles. The summed E-state index contributed by atoms with van der Waals surface area (Å²) in [5, 5.41) is 12.6. The molecule has 0 saturated carbocycles. The Kier molecular flexibility index (Phi) is 4.81. The fourth-order valence-corrected chi connectivity index (χ4v) is 2.76. The van der Waals surface area contributed by atoms with Gasteiger partial charge in [0, 0.05) is 32.2 Å². The van der Waals surface area contributed by atoms with Crippen LogP contribution in [0.1, 0.15) is 5.76 Å². The van der Waals surface area contributed by atoms with Crippen molar-refractivity contribution in [3.8, 4) is 0 Å². The summed E-state index contributed by atoms with van der Waals surface area (Å²) in [7, 11) is 0. The Morgan fingerprint density at radius 2 is 2.17 bits per heavy atom. The largest absolute Gasteiger partial charge is 0.366 e. The van der Waals surface area contributed by atoms with Crippen molar-refractivity contribution >= 4 is 29.0 Å². The quantitative estimate of drug-likeness (QED) is 0.824. The number of piperazine rings is 1. The Morgan fingerprint density at radius 3 is 2.83 bits per heavy atom. The van der Waals surface area contributed by atoms with Crippen LogP contribution in [0.2, 0.25) is 5.02 Å². The summed E-state index contributed by atoms with van der Waals surface area (Å²) in [6.07, 6.45) is 1.54. The highest BCUT2D eigenvalue weighted by atomic mass is 35.5. The van der Waals surface area contributed by atoms with E-state index in [2.05, 4.69) is 20.7 Å². The molecule has 24 heavy (non-hydrogen) atoms. The second-order valence-electron chi connectivity index (χ2n) is 5.53. The van der Waals surface area contributed by atoms with E-state index >= 15 is 0 Å². The highest BCUT2D eigenvalue weighted by Gasteiger charge is 2.22. The average Bonchev–Trinajstić information content (AvgIpc) is 2.96. The monoisotopic (exact) mass is 352 g/mol. The number of nitrogens with one attached hydrogen (secondary N) is 2. The summed E-state index contributed by atoms with van der Waals surface area (Å²) in [5.74, 6) is 0.910. The molecule has 10 heteroatoms. The molecule has 2 aromatic heterocycles. The number of halogens is 1. The van der Waals surface area contributed by atoms with Crippen LogP contribution in [0.3, 0.4) is 0 Å². The highest BCUT2D eigenvalue weighted by molar-refractivity contribution is 6.33. The fraction of sp³-hybridized carbons (Fsp3) is 0.429.